The van der Waals surface area contributed by atoms with Crippen LogP contribution in [0.1, 0.15) is 115 Å². The van der Waals surface area contributed by atoms with E-state index in [1.807, 2.05) is 0 Å². The van der Waals surface area contributed by atoms with Gasteiger partial charge in [0.25, 0.3) is 0 Å². The molecule has 0 N–H and O–H groups in total. The molecule has 0 aliphatic rings. The summed E-state index contributed by atoms with van der Waals surface area (Å²) in [6, 6.07) is 13.5. The first-order chi connectivity index (χ1) is 14.0. The number of hydrogen-bond donors (Lipinski definition) is 0. The minimum Gasteiger partial charge on any atom is -1.00 e. The molecule has 0 aliphatic heterocycles. The van der Waals surface area contributed by atoms with Gasteiger partial charge in [-0.1, -0.05) is 128 Å². The van der Waals surface area contributed by atoms with Gasteiger partial charge in [-0.05, 0) is 23.7 Å². The summed E-state index contributed by atoms with van der Waals surface area (Å²) in [7, 11) is 0. The molecule has 0 saturated carbocycles. The van der Waals surface area contributed by atoms with E-state index in [1.165, 1.54) is 33.6 Å². The van der Waals surface area contributed by atoms with Crippen LogP contribution in [0.25, 0.3) is 10.6 Å². The van der Waals surface area contributed by atoms with Crippen LogP contribution in [0, 0.1) is 0 Å². The van der Waals surface area contributed by atoms with Crippen LogP contribution in [-0.2, 0) is 20.4 Å². The zero-order valence-electron chi connectivity index (χ0n) is 21.9. The van der Waals surface area contributed by atoms with E-state index in [9.17, 15) is 0 Å². The van der Waals surface area contributed by atoms with Crippen LogP contribution in [0.2, 0.25) is 0 Å². The van der Waals surface area contributed by atoms with Crippen LogP contribution in [-0.4, -0.2) is 12.1 Å². The van der Waals surface area contributed by atoms with Gasteiger partial charge in [0.05, 0.1) is 0 Å². The van der Waals surface area contributed by atoms with Gasteiger partial charge in [-0.3, -0.25) is 0 Å². The Morgan fingerprint density at radius 1 is 0.455 bits per heavy atom. The Kier molecular flexibility index (Phi) is 16.5. The van der Waals surface area contributed by atoms with E-state index < -0.39 is 0 Å². The molecule has 2 atom stereocenters. The van der Waals surface area contributed by atoms with E-state index in [0.717, 1.165) is 0 Å². The van der Waals surface area contributed by atoms with Crippen molar-refractivity contribution in [1.29, 1.82) is 0 Å². The van der Waals surface area contributed by atoms with Gasteiger partial charge in [-0.25, -0.2) is 0 Å². The summed E-state index contributed by atoms with van der Waals surface area (Å²) < 4.78 is 0. The first-order valence-corrected chi connectivity index (χ1v) is 11.7. The summed E-state index contributed by atoms with van der Waals surface area (Å²) in [5.41, 5.74) is 7.71. The van der Waals surface area contributed by atoms with Gasteiger partial charge in [0, 0.05) is 0 Å². The molecule has 2 aromatic carbocycles. The van der Waals surface area contributed by atoms with Gasteiger partial charge >= 0.3 is 20.4 Å². The number of halogens is 2. The Balaban J connectivity index is 0. The molecule has 0 aromatic heterocycles. The third kappa shape index (κ3) is 8.99. The third-order valence-corrected chi connectivity index (χ3v) is 6.05. The topological polar surface area (TPSA) is 28.2 Å². The Bertz CT molecular complexity index is 713. The van der Waals surface area contributed by atoms with E-state index in [-0.39, 0.29) is 66.5 Å². The molecule has 0 aliphatic carbocycles. The first kappa shape index (κ1) is 34.8. The van der Waals surface area contributed by atoms with Gasteiger partial charge in [0.1, 0.15) is 0 Å². The van der Waals surface area contributed by atoms with E-state index in [0.29, 0.717) is 23.7 Å². The Hall–Kier alpha value is -0.338. The molecule has 0 heterocycles. The summed E-state index contributed by atoms with van der Waals surface area (Å²) in [6.45, 7) is 22.5. The number of benzene rings is 2. The van der Waals surface area contributed by atoms with Gasteiger partial charge in [0.15, 0.2) is 0 Å². The molecular weight excluding hydrogens is 631 g/mol. The Labute approximate surface area is 238 Å². The molecular formula is C28H42Br2N2Pd-2. The average Bonchev–Trinajstić information content (AvgIpc) is 2.67. The van der Waals surface area contributed by atoms with Crippen LogP contribution in [0.5, 0.6) is 0 Å². The minimum atomic E-state index is 0. The molecule has 2 rings (SSSR count). The van der Waals surface area contributed by atoms with Gasteiger partial charge in [-0.2, -0.15) is 0 Å². The Morgan fingerprint density at radius 2 is 0.667 bits per heavy atom. The minimum absolute atomic E-state index is 0. The van der Waals surface area contributed by atoms with Crippen LogP contribution >= 0.6 is 0 Å². The number of para-hydroxylation sites is 2. The maximum Gasteiger partial charge on any atom is 2.00 e. The van der Waals surface area contributed by atoms with Crippen LogP contribution < -0.4 is 34.0 Å². The fourth-order valence-electron chi connectivity index (χ4n) is 3.94. The fraction of sp³-hybridized carbons (Fsp3) is 0.571. The molecule has 33 heavy (non-hydrogen) atoms. The monoisotopic (exact) mass is 670 g/mol. The van der Waals surface area contributed by atoms with Gasteiger partial charge in [-0.15, -0.1) is 23.5 Å². The summed E-state index contributed by atoms with van der Waals surface area (Å²) >= 11 is 0. The van der Waals surface area contributed by atoms with Crippen LogP contribution in [0.3, 0.4) is 0 Å². The molecule has 2 nitrogen and oxygen atoms in total. The largest absolute Gasteiger partial charge is 2.00 e. The number of hydrogen-bond acceptors (Lipinski definition) is 0. The van der Waals surface area contributed by atoms with Crippen LogP contribution in [0.4, 0.5) is 11.4 Å². The number of nitrogens with zero attached hydrogens (tertiary/aromatic N) is 2. The van der Waals surface area contributed by atoms with Crippen molar-refractivity contribution in [3.05, 3.63) is 69.3 Å². The second-order valence-electron chi connectivity index (χ2n) is 9.93. The third-order valence-electron chi connectivity index (χ3n) is 6.05. The second-order valence-corrected chi connectivity index (χ2v) is 9.93. The van der Waals surface area contributed by atoms with Crippen LogP contribution in [0.15, 0.2) is 36.4 Å². The summed E-state index contributed by atoms with van der Waals surface area (Å²) in [4.78, 5) is 0. The molecule has 0 bridgehead atoms. The molecule has 0 spiro atoms. The zero-order chi connectivity index (χ0) is 22.6. The molecule has 2 unspecified atom stereocenters. The molecule has 0 amide bonds. The van der Waals surface area contributed by atoms with Crippen molar-refractivity contribution in [2.75, 3.05) is 0 Å². The summed E-state index contributed by atoms with van der Waals surface area (Å²) in [6.07, 6.45) is 0. The van der Waals surface area contributed by atoms with E-state index in [4.69, 9.17) is 10.6 Å². The second kappa shape index (κ2) is 15.6. The van der Waals surface area contributed by atoms with E-state index >= 15 is 0 Å². The standard InChI is InChI=1S/C28H42N2.2BrH.Pd/c1-17(2)23-13-11-14-24(18(3)4)27(23)29-21(9)22(10)30-28-25(19(5)6)15-12-16-26(28)20(7)8;;;/h11-22H,1-10H3;2*1H;/q-2;;;+2/p-2. The zero-order valence-corrected chi connectivity index (χ0v) is 26.6. The average molecular weight is 673 g/mol. The van der Waals surface area contributed by atoms with Crippen molar-refractivity contribution >= 4 is 11.4 Å². The maximum absolute atomic E-state index is 5.25. The Morgan fingerprint density at radius 3 is 0.848 bits per heavy atom. The van der Waals surface area contributed by atoms with Crippen molar-refractivity contribution in [3.63, 3.8) is 0 Å². The molecule has 2 aromatic rings. The van der Waals surface area contributed by atoms with E-state index in [1.54, 1.807) is 0 Å². The van der Waals surface area contributed by atoms with Crippen molar-refractivity contribution < 1.29 is 54.4 Å². The SMILES string of the molecule is CC(C)c1cccc(C(C)C)c1[N-]C(C)C(C)[N-]c1c(C(C)C)cccc1C(C)C.[Br-].[Br-].[Pd+2]. The van der Waals surface area contributed by atoms with Crippen molar-refractivity contribution in [1.82, 2.24) is 0 Å². The summed E-state index contributed by atoms with van der Waals surface area (Å²) in [5, 5.41) is 10.5. The van der Waals surface area contributed by atoms with E-state index in [2.05, 4.69) is 106 Å². The fourth-order valence-corrected chi connectivity index (χ4v) is 3.94. The predicted octanol–water partition coefficient (Wildman–Crippen LogP) is 3.67. The maximum atomic E-state index is 5.25. The van der Waals surface area contributed by atoms with Crippen molar-refractivity contribution in [3.8, 4) is 0 Å². The smallest absolute Gasteiger partial charge is 1.00 e. The molecule has 0 radical (unpaired) electrons. The predicted molar refractivity (Wildman–Crippen MR) is 134 cm³/mol. The van der Waals surface area contributed by atoms with Crippen molar-refractivity contribution in [2.24, 2.45) is 0 Å². The first-order valence-electron chi connectivity index (χ1n) is 11.7. The quantitative estimate of drug-likeness (QED) is 0.364. The number of rotatable bonds is 9. The summed E-state index contributed by atoms with van der Waals surface area (Å²) in [5.74, 6) is 1.82. The normalized spacial score (nSPS) is 12.7. The molecule has 190 valence electrons. The molecule has 5 heteroatoms. The molecule has 0 saturated heterocycles. The van der Waals surface area contributed by atoms with Gasteiger partial charge < -0.3 is 44.6 Å². The molecule has 0 fully saturated rings. The van der Waals surface area contributed by atoms with Crippen molar-refractivity contribution in [2.45, 2.75) is 105 Å². The van der Waals surface area contributed by atoms with Gasteiger partial charge in [0.2, 0.25) is 0 Å².